The molecule has 0 bridgehead atoms. The van der Waals surface area contributed by atoms with Crippen LogP contribution < -0.4 is 16.8 Å². The molecule has 5 rings (SSSR count). The number of hydrogen-bond acceptors (Lipinski definition) is 8. The Morgan fingerprint density at radius 2 is 1.88 bits per heavy atom. The molecule has 11 nitrogen and oxygen atoms in total. The fourth-order valence-corrected chi connectivity index (χ4v) is 5.03. The van der Waals surface area contributed by atoms with Crippen molar-refractivity contribution in [2.75, 3.05) is 11.9 Å². The van der Waals surface area contributed by atoms with Gasteiger partial charge in [0.15, 0.2) is 0 Å². The molecule has 1 fully saturated rings. The van der Waals surface area contributed by atoms with Crippen molar-refractivity contribution in [1.82, 2.24) is 19.5 Å². The summed E-state index contributed by atoms with van der Waals surface area (Å²) in [7, 11) is -4.00. The second-order valence-electron chi connectivity index (χ2n) is 9.66. The van der Waals surface area contributed by atoms with Gasteiger partial charge < -0.3 is 16.8 Å². The van der Waals surface area contributed by atoms with Crippen LogP contribution in [0.4, 0.5) is 14.7 Å². The van der Waals surface area contributed by atoms with Crippen LogP contribution in [0.1, 0.15) is 46.2 Å². The monoisotopic (exact) mass is 619 g/mol. The van der Waals surface area contributed by atoms with Crippen molar-refractivity contribution in [2.45, 2.75) is 42.5 Å². The van der Waals surface area contributed by atoms with Gasteiger partial charge in [-0.3, -0.25) is 13.9 Å². The third kappa shape index (κ3) is 7.45. The maximum atomic E-state index is 13.2. The van der Waals surface area contributed by atoms with Crippen LogP contribution in [0.2, 0.25) is 5.02 Å². The minimum atomic E-state index is -4.00. The van der Waals surface area contributed by atoms with Crippen LogP contribution in [0.15, 0.2) is 71.9 Å². The van der Waals surface area contributed by atoms with Gasteiger partial charge in [0, 0.05) is 48.4 Å². The molecule has 0 spiro atoms. The third-order valence-corrected chi connectivity index (χ3v) is 7.52. The maximum Gasteiger partial charge on any atom is 0.294 e. The lowest BCUT2D eigenvalue weighted by Crippen LogP contribution is -2.44. The highest BCUT2D eigenvalue weighted by Crippen LogP contribution is 2.38. The van der Waals surface area contributed by atoms with E-state index in [0.717, 1.165) is 5.56 Å². The van der Waals surface area contributed by atoms with Gasteiger partial charge in [-0.1, -0.05) is 41.9 Å². The lowest BCUT2D eigenvalue weighted by Gasteiger charge is -2.35. The molecule has 1 aliphatic carbocycles. The molecule has 222 valence electrons. The molecule has 1 saturated carbocycles. The Balaban J connectivity index is 0.000000343. The van der Waals surface area contributed by atoms with Crippen LogP contribution in [0.5, 0.6) is 0 Å². The van der Waals surface area contributed by atoms with E-state index in [1.54, 1.807) is 54.1 Å². The number of halogens is 3. The van der Waals surface area contributed by atoms with Crippen LogP contribution in [0.25, 0.3) is 5.82 Å². The standard InChI is InChI=1S/C21H22ClF2N7O.C6H6O3S/c1-11-9-27-20(28-14-6-21(23,24)7-14)30-18(11)31-10-16(17(26)32)29-19(31)15(8-25)12-3-2-4-13(22)5-12;7-10(8,9)6-4-2-1-3-5-6/h2-5,9-10,14-15H,6-8,25H2,1H3,(H2,26,32)(H,27,28,30);1-5H,(H,7,8,9). The number of nitrogens with zero attached hydrogens (tertiary/aromatic N) is 4. The van der Waals surface area contributed by atoms with Crippen molar-refractivity contribution < 1.29 is 26.5 Å². The first-order chi connectivity index (χ1) is 19.8. The van der Waals surface area contributed by atoms with E-state index in [0.29, 0.717) is 22.2 Å². The summed E-state index contributed by atoms with van der Waals surface area (Å²) in [5.74, 6) is -2.68. The smallest absolute Gasteiger partial charge is 0.294 e. The van der Waals surface area contributed by atoms with Gasteiger partial charge in [0.2, 0.25) is 5.95 Å². The Morgan fingerprint density at radius 3 is 2.43 bits per heavy atom. The van der Waals surface area contributed by atoms with Crippen molar-refractivity contribution >= 4 is 33.6 Å². The molecular formula is C27H28ClF2N7O4S. The zero-order valence-corrected chi connectivity index (χ0v) is 23.9. The van der Waals surface area contributed by atoms with E-state index in [-0.39, 0.29) is 35.9 Å². The van der Waals surface area contributed by atoms with Gasteiger partial charge in [-0.15, -0.1) is 0 Å². The van der Waals surface area contributed by atoms with Crippen LogP contribution in [0, 0.1) is 6.92 Å². The zero-order chi connectivity index (χ0) is 30.7. The van der Waals surface area contributed by atoms with E-state index in [2.05, 4.69) is 20.3 Å². The minimum absolute atomic E-state index is 0.0478. The van der Waals surface area contributed by atoms with Crippen molar-refractivity contribution in [3.63, 3.8) is 0 Å². The zero-order valence-electron chi connectivity index (χ0n) is 22.3. The Labute approximate surface area is 245 Å². The lowest BCUT2D eigenvalue weighted by molar-refractivity contribution is -0.0794. The number of carbonyl (C=O) groups is 1. The van der Waals surface area contributed by atoms with Crippen molar-refractivity contribution in [1.29, 1.82) is 0 Å². The number of aromatic nitrogens is 4. The second kappa shape index (κ2) is 12.5. The van der Waals surface area contributed by atoms with E-state index in [4.69, 9.17) is 27.6 Å². The van der Waals surface area contributed by atoms with Crippen molar-refractivity contribution in [2.24, 2.45) is 11.5 Å². The quantitative estimate of drug-likeness (QED) is 0.212. The molecule has 0 radical (unpaired) electrons. The van der Waals surface area contributed by atoms with Gasteiger partial charge in [-0.2, -0.15) is 13.4 Å². The summed E-state index contributed by atoms with van der Waals surface area (Å²) in [5.41, 5.74) is 13.1. The first-order valence-corrected chi connectivity index (χ1v) is 14.4. The van der Waals surface area contributed by atoms with Gasteiger partial charge in [0.25, 0.3) is 21.9 Å². The number of imidazole rings is 1. The summed E-state index contributed by atoms with van der Waals surface area (Å²) in [6.45, 7) is 1.98. The molecule has 15 heteroatoms. The number of hydrogen-bond donors (Lipinski definition) is 4. The summed E-state index contributed by atoms with van der Waals surface area (Å²) < 4.78 is 57.3. The predicted molar refractivity (Wildman–Crippen MR) is 153 cm³/mol. The molecule has 1 aliphatic rings. The molecule has 2 heterocycles. The van der Waals surface area contributed by atoms with Gasteiger partial charge >= 0.3 is 0 Å². The van der Waals surface area contributed by atoms with Crippen LogP contribution in [-0.4, -0.2) is 56.9 Å². The van der Waals surface area contributed by atoms with E-state index >= 15 is 0 Å². The molecule has 1 amide bonds. The highest BCUT2D eigenvalue weighted by atomic mass is 35.5. The average molecular weight is 620 g/mol. The second-order valence-corrected chi connectivity index (χ2v) is 11.5. The number of anilines is 1. The number of benzene rings is 2. The number of nitrogens with one attached hydrogen (secondary N) is 1. The molecular weight excluding hydrogens is 592 g/mol. The van der Waals surface area contributed by atoms with Crippen molar-refractivity contribution in [3.05, 3.63) is 94.7 Å². The highest BCUT2D eigenvalue weighted by Gasteiger charge is 2.45. The topological polar surface area (TPSA) is 179 Å². The summed E-state index contributed by atoms with van der Waals surface area (Å²) in [6.07, 6.45) is 2.52. The molecule has 1 unspecified atom stereocenters. The number of carbonyl (C=O) groups excluding carboxylic acids is 1. The molecule has 4 aromatic rings. The number of primary amides is 1. The Morgan fingerprint density at radius 1 is 1.19 bits per heavy atom. The molecule has 0 aliphatic heterocycles. The largest absolute Gasteiger partial charge is 0.364 e. The fraction of sp³-hybridized carbons (Fsp3) is 0.259. The molecule has 1 atom stereocenters. The van der Waals surface area contributed by atoms with E-state index in [1.165, 1.54) is 18.3 Å². The highest BCUT2D eigenvalue weighted by molar-refractivity contribution is 7.85. The maximum absolute atomic E-state index is 13.2. The Bertz CT molecular complexity index is 1680. The third-order valence-electron chi connectivity index (χ3n) is 6.42. The normalized spacial score (nSPS) is 15.2. The SMILES string of the molecule is Cc1cnc(NC2CC(F)(F)C2)nc1-n1cc(C(N)=O)nc1C(CN)c1cccc(Cl)c1.O=S(=O)(O)c1ccccc1. The van der Waals surface area contributed by atoms with E-state index < -0.39 is 33.9 Å². The number of nitrogens with two attached hydrogens (primary N) is 2. The first-order valence-electron chi connectivity index (χ1n) is 12.6. The van der Waals surface area contributed by atoms with Crippen LogP contribution >= 0.6 is 11.6 Å². The summed E-state index contributed by atoms with van der Waals surface area (Å²) in [5, 5.41) is 3.47. The molecule has 0 saturated heterocycles. The molecule has 2 aromatic carbocycles. The van der Waals surface area contributed by atoms with Gasteiger partial charge in [0.05, 0.1) is 10.8 Å². The fourth-order valence-electron chi connectivity index (χ4n) is 4.33. The first kappa shape index (κ1) is 31.0. The molecule has 2 aromatic heterocycles. The Kier molecular flexibility index (Phi) is 9.21. The van der Waals surface area contributed by atoms with E-state index in [9.17, 15) is 22.0 Å². The van der Waals surface area contributed by atoms with Crippen LogP contribution in [-0.2, 0) is 10.1 Å². The lowest BCUT2D eigenvalue weighted by atomic mass is 9.88. The number of amides is 1. The van der Waals surface area contributed by atoms with Crippen molar-refractivity contribution in [3.8, 4) is 5.82 Å². The summed E-state index contributed by atoms with van der Waals surface area (Å²) in [6, 6.07) is 14.2. The minimum Gasteiger partial charge on any atom is -0.364 e. The average Bonchev–Trinajstić information content (AvgIpc) is 3.35. The summed E-state index contributed by atoms with van der Waals surface area (Å²) in [4.78, 5) is 25.0. The number of alkyl halides is 2. The van der Waals surface area contributed by atoms with E-state index in [1.807, 2.05) is 6.07 Å². The van der Waals surface area contributed by atoms with Gasteiger partial charge in [-0.25, -0.2) is 18.7 Å². The number of aryl methyl sites for hydroxylation is 1. The molecule has 42 heavy (non-hydrogen) atoms. The Hall–Kier alpha value is -3.98. The summed E-state index contributed by atoms with van der Waals surface area (Å²) >= 11 is 6.16. The van der Waals surface area contributed by atoms with Crippen LogP contribution in [0.3, 0.4) is 0 Å². The molecule has 6 N–H and O–H groups in total. The van der Waals surface area contributed by atoms with Gasteiger partial charge in [-0.05, 0) is 36.8 Å². The predicted octanol–water partition coefficient (Wildman–Crippen LogP) is 3.96. The van der Waals surface area contributed by atoms with Gasteiger partial charge in [0.1, 0.15) is 17.3 Å². The number of rotatable bonds is 8.